The summed E-state index contributed by atoms with van der Waals surface area (Å²) in [5.74, 6) is 2.83. The van der Waals surface area contributed by atoms with E-state index in [9.17, 15) is 0 Å². The van der Waals surface area contributed by atoms with Crippen LogP contribution in [-0.2, 0) is 21.7 Å². The van der Waals surface area contributed by atoms with Crippen LogP contribution in [0.25, 0.3) is 0 Å². The lowest BCUT2D eigenvalue weighted by atomic mass is 9.86. The van der Waals surface area contributed by atoms with Gasteiger partial charge in [0.25, 0.3) is 0 Å². The Kier molecular flexibility index (Phi) is 14.5. The minimum atomic E-state index is 0.00104. The first kappa shape index (κ1) is 52.1. The Hall–Kier alpha value is -7.74. The zero-order valence-electron chi connectivity index (χ0n) is 45.6. The zero-order valence-corrected chi connectivity index (χ0v) is 46.4. The number of hydrogen-bond donors (Lipinski definition) is 0. The Morgan fingerprint density at radius 2 is 0.520 bits per heavy atom. The molecule has 75 heavy (non-hydrogen) atoms. The quantitative estimate of drug-likeness (QED) is 0.121. The van der Waals surface area contributed by atoms with Crippen LogP contribution in [0.1, 0.15) is 105 Å². The smallest absolute Gasteiger partial charge is 0.140 e. The Morgan fingerprint density at radius 1 is 0.280 bits per heavy atom. The largest absolute Gasteiger partial charge is 0.295 e. The third kappa shape index (κ3) is 11.5. The molecule has 9 aromatic rings. The van der Waals surface area contributed by atoms with Gasteiger partial charge < -0.3 is 0 Å². The summed E-state index contributed by atoms with van der Waals surface area (Å²) in [5.41, 5.74) is 12.1. The molecule has 380 valence electrons. The maximum absolute atomic E-state index is 7.89. The second-order valence-electron chi connectivity index (χ2n) is 23.4. The first-order valence-electron chi connectivity index (χ1n) is 26.0. The van der Waals surface area contributed by atoms with Crippen LogP contribution in [0, 0.1) is 0 Å². The van der Waals surface area contributed by atoms with Crippen molar-refractivity contribution in [3.63, 3.8) is 0 Å². The van der Waals surface area contributed by atoms with Gasteiger partial charge in [-0.15, -0.1) is 0 Å². The molecule has 0 aliphatic rings. The summed E-state index contributed by atoms with van der Waals surface area (Å²) in [6, 6.07) is 68.0. The van der Waals surface area contributed by atoms with Crippen molar-refractivity contribution in [2.75, 3.05) is 19.6 Å². The van der Waals surface area contributed by atoms with Gasteiger partial charge in [-0.1, -0.05) is 192 Å². The Labute approximate surface area is 451 Å². The monoisotopic (exact) mass is 1010 g/mol. The van der Waals surface area contributed by atoms with Crippen molar-refractivity contribution in [3.05, 3.63) is 234 Å². The van der Waals surface area contributed by atoms with Crippen LogP contribution in [-0.4, -0.2) is 15.0 Å². The lowest BCUT2D eigenvalue weighted by Gasteiger charge is -2.31. The zero-order chi connectivity index (χ0) is 53.3. The summed E-state index contributed by atoms with van der Waals surface area (Å²) in [6.07, 6.45) is 3.64. The van der Waals surface area contributed by atoms with E-state index in [-0.39, 0.29) is 21.7 Å². The van der Waals surface area contributed by atoms with E-state index < -0.39 is 0 Å². The normalized spacial score (nSPS) is 12.1. The van der Waals surface area contributed by atoms with E-state index >= 15 is 0 Å². The molecule has 7 nitrogen and oxygen atoms in total. The summed E-state index contributed by atoms with van der Waals surface area (Å²) in [4.78, 5) is 24.6. The fourth-order valence-electron chi connectivity index (χ4n) is 9.27. The van der Waals surface area contributed by atoms with Crippen LogP contribution in [0.15, 0.2) is 207 Å². The molecular formula is C67H70ClN7. The molecule has 0 aliphatic carbocycles. The van der Waals surface area contributed by atoms with Gasteiger partial charge in [-0.2, -0.15) is 0 Å². The Balaban J connectivity index is 1.18. The highest BCUT2D eigenvalue weighted by Gasteiger charge is 2.27. The third-order valence-corrected chi connectivity index (χ3v) is 14.1. The number of pyridine rings is 3. The highest BCUT2D eigenvalue weighted by molar-refractivity contribution is 6.36. The van der Waals surface area contributed by atoms with E-state index in [1.165, 1.54) is 22.3 Å². The fraction of sp³-hybridized carbons (Fsp3) is 0.239. The fourth-order valence-corrected chi connectivity index (χ4v) is 9.54. The first-order valence-corrected chi connectivity index (χ1v) is 26.3. The van der Waals surface area contributed by atoms with Gasteiger partial charge in [-0.3, -0.25) is 24.6 Å². The second kappa shape index (κ2) is 20.9. The average molecular weight is 1010 g/mol. The predicted molar refractivity (Wildman–Crippen MR) is 318 cm³/mol. The van der Waals surface area contributed by atoms with Gasteiger partial charge in [-0.25, -0.2) is 9.97 Å². The maximum Gasteiger partial charge on any atom is 0.140 e. The summed E-state index contributed by atoms with van der Waals surface area (Å²) in [5, 5.41) is 0.469. The summed E-state index contributed by atoms with van der Waals surface area (Å²) in [6.45, 7) is 26.9. The first-order chi connectivity index (χ1) is 35.6. The number of rotatable bonds is 12. The number of halogens is 1. The van der Waals surface area contributed by atoms with E-state index in [2.05, 4.69) is 248 Å². The lowest BCUT2D eigenvalue weighted by molar-refractivity contribution is 0.590. The molecule has 0 saturated heterocycles. The van der Waals surface area contributed by atoms with E-state index in [0.717, 1.165) is 45.8 Å². The standard InChI is InChI=1S/C67H70ClN7/c1-64(2,3)47-29-37-53(38-30-47)72(54-39-31-48(32-40-54)65(4,5)6)59-25-19-27-61(70-59)74(51-21-15-13-16-22-51)57-45-69-46-58(63(57)68)75(52-23-17-14-18-24-52)62-28-20-26-60(71-62)73(55-41-33-49(34-42-55)66(7,8)9)56-43-35-50(36-44-56)67(10,11)12/h13-46H,1-12H3. The molecule has 0 bridgehead atoms. The number of benzene rings is 6. The molecule has 6 aromatic carbocycles. The van der Waals surface area contributed by atoms with Crippen LogP contribution < -0.4 is 19.6 Å². The summed E-state index contributed by atoms with van der Waals surface area (Å²) >= 11 is 7.89. The highest BCUT2D eigenvalue weighted by atomic mass is 35.5. The van der Waals surface area contributed by atoms with E-state index in [4.69, 9.17) is 26.6 Å². The molecule has 8 heteroatoms. The maximum atomic E-state index is 7.89. The van der Waals surface area contributed by atoms with Crippen LogP contribution in [0.2, 0.25) is 5.02 Å². The van der Waals surface area contributed by atoms with E-state index in [1.807, 2.05) is 60.9 Å². The van der Waals surface area contributed by atoms with E-state index in [1.54, 1.807) is 0 Å². The van der Waals surface area contributed by atoms with E-state index in [0.29, 0.717) is 28.0 Å². The summed E-state index contributed by atoms with van der Waals surface area (Å²) < 4.78 is 0. The van der Waals surface area contributed by atoms with Gasteiger partial charge in [0, 0.05) is 34.1 Å². The SMILES string of the molecule is CC(C)(C)c1ccc(N(c2ccc(C(C)(C)C)cc2)c2cccc(N(c3ccccc3)c3cncc(N(c4ccccc4)c4cccc(N(c5ccc(C(C)(C)C)cc5)c5ccc(C(C)(C)C)cc5)n4)c3Cl)n2)cc1. The van der Waals surface area contributed by atoms with Crippen molar-refractivity contribution < 1.29 is 0 Å². The molecule has 0 aliphatic heterocycles. The molecular weight excluding hydrogens is 938 g/mol. The Bertz CT molecular complexity index is 3010. The average Bonchev–Trinajstić information content (AvgIpc) is 3.39. The molecule has 0 radical (unpaired) electrons. The van der Waals surface area contributed by atoms with Gasteiger partial charge in [0.15, 0.2) is 0 Å². The summed E-state index contributed by atoms with van der Waals surface area (Å²) in [7, 11) is 0. The number of hydrogen-bond acceptors (Lipinski definition) is 7. The predicted octanol–water partition coefficient (Wildman–Crippen LogP) is 19.6. The van der Waals surface area contributed by atoms with Crippen LogP contribution in [0.3, 0.4) is 0 Å². The van der Waals surface area contributed by atoms with Crippen molar-refractivity contribution in [1.82, 2.24) is 15.0 Å². The van der Waals surface area contributed by atoms with Gasteiger partial charge in [0.2, 0.25) is 0 Å². The molecule has 3 heterocycles. The van der Waals surface area contributed by atoms with Crippen molar-refractivity contribution in [2.24, 2.45) is 0 Å². The molecule has 0 fully saturated rings. The Morgan fingerprint density at radius 3 is 0.773 bits per heavy atom. The van der Waals surface area contributed by atoms with Gasteiger partial charge >= 0.3 is 0 Å². The minimum Gasteiger partial charge on any atom is -0.295 e. The molecule has 0 unspecified atom stereocenters. The number of aromatic nitrogens is 3. The molecule has 3 aromatic heterocycles. The second-order valence-corrected chi connectivity index (χ2v) is 23.8. The van der Waals surface area contributed by atoms with Crippen molar-refractivity contribution >= 4 is 80.4 Å². The number of para-hydroxylation sites is 2. The topological polar surface area (TPSA) is 51.6 Å². The van der Waals surface area contributed by atoms with Crippen LogP contribution in [0.5, 0.6) is 0 Å². The molecule has 0 spiro atoms. The minimum absolute atomic E-state index is 0.00104. The van der Waals surface area contributed by atoms with Crippen molar-refractivity contribution in [1.29, 1.82) is 0 Å². The van der Waals surface area contributed by atoms with Crippen molar-refractivity contribution in [3.8, 4) is 0 Å². The van der Waals surface area contributed by atoms with Gasteiger partial charge in [0.1, 0.15) is 23.3 Å². The molecule has 0 N–H and O–H groups in total. The number of anilines is 12. The molecule has 0 atom stereocenters. The van der Waals surface area contributed by atoms with Crippen LogP contribution in [0.4, 0.5) is 68.8 Å². The highest BCUT2D eigenvalue weighted by Crippen LogP contribution is 2.47. The molecule has 0 saturated carbocycles. The van der Waals surface area contributed by atoms with Gasteiger partial charge in [-0.05, 0) is 141 Å². The number of nitrogens with zero attached hydrogens (tertiary/aromatic N) is 7. The lowest BCUT2D eigenvalue weighted by Crippen LogP contribution is -2.19. The van der Waals surface area contributed by atoms with Crippen LogP contribution >= 0.6 is 11.6 Å². The molecule has 0 amide bonds. The third-order valence-electron chi connectivity index (χ3n) is 13.7. The van der Waals surface area contributed by atoms with Crippen molar-refractivity contribution in [2.45, 2.75) is 105 Å². The van der Waals surface area contributed by atoms with Gasteiger partial charge in [0.05, 0.1) is 28.8 Å². The molecule has 9 rings (SSSR count).